The molecule has 3 rings (SSSR count). The van der Waals surface area contributed by atoms with Crippen molar-refractivity contribution in [2.24, 2.45) is 0 Å². The molecule has 0 saturated carbocycles. The second kappa shape index (κ2) is 8.76. The van der Waals surface area contributed by atoms with Crippen molar-refractivity contribution in [3.05, 3.63) is 82.9 Å². The molecule has 152 valence electrons. The SMILES string of the molecule is COc1cc(OC)cc(N(Cc2ccccc2C)S(=O)(=O)c2ccccc2Cl)c1. The molecular weight excluding hydrogens is 410 g/mol. The van der Waals surface area contributed by atoms with Crippen molar-refractivity contribution in [2.45, 2.75) is 18.4 Å². The number of rotatable bonds is 7. The van der Waals surface area contributed by atoms with E-state index in [0.29, 0.717) is 17.2 Å². The van der Waals surface area contributed by atoms with Crippen LogP contribution in [-0.2, 0) is 16.6 Å². The number of anilines is 1. The number of hydrogen-bond acceptors (Lipinski definition) is 4. The first-order valence-electron chi connectivity index (χ1n) is 8.91. The highest BCUT2D eigenvalue weighted by atomic mass is 35.5. The van der Waals surface area contributed by atoms with Gasteiger partial charge in [-0.3, -0.25) is 4.31 Å². The van der Waals surface area contributed by atoms with E-state index in [-0.39, 0.29) is 16.5 Å². The predicted molar refractivity (Wildman–Crippen MR) is 116 cm³/mol. The number of methoxy groups -OCH3 is 2. The molecule has 0 heterocycles. The molecule has 0 aliphatic carbocycles. The molecule has 0 radical (unpaired) electrons. The summed E-state index contributed by atoms with van der Waals surface area (Å²) in [5.41, 5.74) is 2.29. The number of aryl methyl sites for hydroxylation is 1. The molecule has 0 atom stereocenters. The Morgan fingerprint density at radius 1 is 0.897 bits per heavy atom. The lowest BCUT2D eigenvalue weighted by atomic mass is 10.1. The lowest BCUT2D eigenvalue weighted by Gasteiger charge is -2.26. The first-order chi connectivity index (χ1) is 13.9. The summed E-state index contributed by atoms with van der Waals surface area (Å²) in [5, 5.41) is 0.164. The van der Waals surface area contributed by atoms with Gasteiger partial charge in [0.25, 0.3) is 10.0 Å². The molecule has 0 spiro atoms. The molecule has 5 nitrogen and oxygen atoms in total. The van der Waals surface area contributed by atoms with Crippen LogP contribution in [0.15, 0.2) is 71.6 Å². The van der Waals surface area contributed by atoms with Gasteiger partial charge in [-0.1, -0.05) is 48.0 Å². The summed E-state index contributed by atoms with van der Waals surface area (Å²) in [6, 6.07) is 19.1. The number of halogens is 1. The van der Waals surface area contributed by atoms with E-state index in [1.165, 1.54) is 24.6 Å². The normalized spacial score (nSPS) is 11.2. The zero-order valence-electron chi connectivity index (χ0n) is 16.4. The molecular formula is C22H22ClNO4S. The molecule has 0 N–H and O–H groups in total. The highest BCUT2D eigenvalue weighted by Gasteiger charge is 2.28. The van der Waals surface area contributed by atoms with Crippen molar-refractivity contribution < 1.29 is 17.9 Å². The third kappa shape index (κ3) is 4.49. The standard InChI is InChI=1S/C22H22ClNO4S/c1-16-8-4-5-9-17(16)15-24(18-12-19(27-2)14-20(13-18)28-3)29(25,26)22-11-7-6-10-21(22)23/h4-14H,15H2,1-3H3. The molecule has 0 aromatic heterocycles. The topological polar surface area (TPSA) is 55.8 Å². The summed E-state index contributed by atoms with van der Waals surface area (Å²) >= 11 is 6.24. The van der Waals surface area contributed by atoms with Gasteiger partial charge in [0, 0.05) is 18.2 Å². The fourth-order valence-electron chi connectivity index (χ4n) is 2.97. The Morgan fingerprint density at radius 2 is 1.48 bits per heavy atom. The van der Waals surface area contributed by atoms with Crippen LogP contribution in [0.2, 0.25) is 5.02 Å². The molecule has 7 heteroatoms. The summed E-state index contributed by atoms with van der Waals surface area (Å²) in [5.74, 6) is 0.979. The van der Waals surface area contributed by atoms with E-state index in [1.807, 2.05) is 31.2 Å². The summed E-state index contributed by atoms with van der Waals surface area (Å²) in [6.45, 7) is 2.08. The van der Waals surface area contributed by atoms with Gasteiger partial charge in [-0.15, -0.1) is 0 Å². The smallest absolute Gasteiger partial charge is 0.266 e. The minimum atomic E-state index is -3.96. The second-order valence-corrected chi connectivity index (χ2v) is 8.68. The number of ether oxygens (including phenoxy) is 2. The van der Waals surface area contributed by atoms with Gasteiger partial charge >= 0.3 is 0 Å². The third-order valence-corrected chi connectivity index (χ3v) is 6.88. The predicted octanol–water partition coefficient (Wildman–Crippen LogP) is 5.06. The molecule has 0 saturated heterocycles. The number of nitrogens with zero attached hydrogens (tertiary/aromatic N) is 1. The zero-order valence-corrected chi connectivity index (χ0v) is 18.0. The first-order valence-corrected chi connectivity index (χ1v) is 10.7. The summed E-state index contributed by atoms with van der Waals surface area (Å²) in [7, 11) is -0.918. The van der Waals surface area contributed by atoms with Gasteiger partial charge in [0.2, 0.25) is 0 Å². The summed E-state index contributed by atoms with van der Waals surface area (Å²) in [4.78, 5) is 0.0389. The Hall–Kier alpha value is -2.70. The van der Waals surface area contributed by atoms with Crippen LogP contribution in [0.25, 0.3) is 0 Å². The molecule has 0 unspecified atom stereocenters. The molecule has 0 fully saturated rings. The molecule has 3 aromatic carbocycles. The summed E-state index contributed by atoms with van der Waals surface area (Å²) < 4.78 is 39.2. The van der Waals surface area contributed by atoms with Crippen LogP contribution in [0.1, 0.15) is 11.1 Å². The van der Waals surface area contributed by atoms with E-state index in [0.717, 1.165) is 11.1 Å². The Kier molecular flexibility index (Phi) is 6.35. The fraction of sp³-hybridized carbons (Fsp3) is 0.182. The minimum absolute atomic E-state index is 0.0389. The van der Waals surface area contributed by atoms with Crippen LogP contribution in [0.3, 0.4) is 0 Å². The molecule has 3 aromatic rings. The van der Waals surface area contributed by atoms with Crippen molar-refractivity contribution in [2.75, 3.05) is 18.5 Å². The highest BCUT2D eigenvalue weighted by Crippen LogP contribution is 2.35. The van der Waals surface area contributed by atoms with Crippen LogP contribution in [0.5, 0.6) is 11.5 Å². The number of benzene rings is 3. The summed E-state index contributed by atoms with van der Waals surface area (Å²) in [6.07, 6.45) is 0. The monoisotopic (exact) mass is 431 g/mol. The first kappa shape index (κ1) is 21.0. The van der Waals surface area contributed by atoms with E-state index in [9.17, 15) is 8.42 Å². The molecule has 0 amide bonds. The maximum Gasteiger partial charge on any atom is 0.266 e. The molecule has 0 aliphatic heterocycles. The minimum Gasteiger partial charge on any atom is -0.497 e. The van der Waals surface area contributed by atoms with Gasteiger partial charge in [0.05, 0.1) is 31.5 Å². The van der Waals surface area contributed by atoms with E-state index >= 15 is 0 Å². The van der Waals surface area contributed by atoms with Gasteiger partial charge in [-0.05, 0) is 30.2 Å². The van der Waals surface area contributed by atoms with Crippen molar-refractivity contribution in [1.82, 2.24) is 0 Å². The van der Waals surface area contributed by atoms with Gasteiger partial charge in [0.1, 0.15) is 16.4 Å². The zero-order chi connectivity index (χ0) is 21.0. The Labute approximate surface area is 176 Å². The Morgan fingerprint density at radius 3 is 2.07 bits per heavy atom. The average molecular weight is 432 g/mol. The van der Waals surface area contributed by atoms with E-state index < -0.39 is 10.0 Å². The van der Waals surface area contributed by atoms with Crippen LogP contribution in [-0.4, -0.2) is 22.6 Å². The van der Waals surface area contributed by atoms with Gasteiger partial charge < -0.3 is 9.47 Å². The third-order valence-electron chi connectivity index (χ3n) is 4.60. The van der Waals surface area contributed by atoms with Gasteiger partial charge in [-0.2, -0.15) is 0 Å². The van der Waals surface area contributed by atoms with Crippen molar-refractivity contribution >= 4 is 27.3 Å². The number of hydrogen-bond donors (Lipinski definition) is 0. The lowest BCUT2D eigenvalue weighted by molar-refractivity contribution is 0.394. The quantitative estimate of drug-likeness (QED) is 0.524. The second-order valence-electron chi connectivity index (χ2n) is 6.44. The van der Waals surface area contributed by atoms with Gasteiger partial charge in [-0.25, -0.2) is 8.42 Å². The van der Waals surface area contributed by atoms with E-state index in [4.69, 9.17) is 21.1 Å². The molecule has 0 aliphatic rings. The Bertz CT molecular complexity index is 1090. The van der Waals surface area contributed by atoms with Crippen LogP contribution in [0, 0.1) is 6.92 Å². The van der Waals surface area contributed by atoms with E-state index in [2.05, 4.69) is 0 Å². The van der Waals surface area contributed by atoms with Crippen LogP contribution < -0.4 is 13.8 Å². The van der Waals surface area contributed by atoms with Crippen molar-refractivity contribution in [3.63, 3.8) is 0 Å². The Balaban J connectivity index is 2.20. The highest BCUT2D eigenvalue weighted by molar-refractivity contribution is 7.93. The van der Waals surface area contributed by atoms with Crippen molar-refractivity contribution in [3.8, 4) is 11.5 Å². The largest absolute Gasteiger partial charge is 0.497 e. The fourth-order valence-corrected chi connectivity index (χ4v) is 4.89. The van der Waals surface area contributed by atoms with Gasteiger partial charge in [0.15, 0.2) is 0 Å². The lowest BCUT2D eigenvalue weighted by Crippen LogP contribution is -2.31. The van der Waals surface area contributed by atoms with Crippen LogP contribution >= 0.6 is 11.6 Å². The number of sulfonamides is 1. The van der Waals surface area contributed by atoms with Crippen LogP contribution in [0.4, 0.5) is 5.69 Å². The average Bonchev–Trinajstić information content (AvgIpc) is 2.72. The molecule has 29 heavy (non-hydrogen) atoms. The maximum absolute atomic E-state index is 13.6. The van der Waals surface area contributed by atoms with Crippen molar-refractivity contribution in [1.29, 1.82) is 0 Å². The van der Waals surface area contributed by atoms with E-state index in [1.54, 1.807) is 36.4 Å². The maximum atomic E-state index is 13.6. The molecule has 0 bridgehead atoms.